The molecule has 0 N–H and O–H groups in total. The zero-order chi connectivity index (χ0) is 24.7. The Kier molecular flexibility index (Phi) is 5.68. The summed E-state index contributed by atoms with van der Waals surface area (Å²) in [7, 11) is 2.10. The van der Waals surface area contributed by atoms with Crippen LogP contribution in [-0.2, 0) is 6.54 Å². The minimum Gasteiger partial charge on any atom is -0.490 e. The second kappa shape index (κ2) is 9.02. The highest BCUT2D eigenvalue weighted by Gasteiger charge is 2.28. The zero-order valence-electron chi connectivity index (χ0n) is 21.1. The minimum absolute atomic E-state index is 0.333. The van der Waals surface area contributed by atoms with Gasteiger partial charge in [0.15, 0.2) is 0 Å². The number of aromatic nitrogens is 2. The minimum atomic E-state index is 0.333. The molecule has 36 heavy (non-hydrogen) atoms. The van der Waals surface area contributed by atoms with Crippen molar-refractivity contribution in [3.8, 4) is 34.2 Å². The maximum Gasteiger partial charge on any atom is 0.143 e. The second-order valence-corrected chi connectivity index (χ2v) is 10.7. The molecule has 0 spiro atoms. The first-order valence-corrected chi connectivity index (χ1v) is 13.0. The third-order valence-corrected chi connectivity index (χ3v) is 8.07. The van der Waals surface area contributed by atoms with E-state index in [4.69, 9.17) is 9.72 Å². The quantitative estimate of drug-likeness (QED) is 0.317. The van der Waals surface area contributed by atoms with Crippen molar-refractivity contribution in [3.63, 3.8) is 0 Å². The molecule has 1 saturated carbocycles. The number of fused-ring (bicyclic) bond motifs is 2. The molecular formula is C31H32N4O. The molecule has 0 unspecified atom stereocenters. The van der Waals surface area contributed by atoms with Crippen molar-refractivity contribution in [2.24, 2.45) is 5.41 Å². The van der Waals surface area contributed by atoms with E-state index in [1.54, 1.807) is 0 Å². The van der Waals surface area contributed by atoms with E-state index in [0.717, 1.165) is 46.9 Å². The summed E-state index contributed by atoms with van der Waals surface area (Å²) in [6.07, 6.45) is 10.8. The lowest BCUT2D eigenvalue weighted by molar-refractivity contribution is 0.185. The number of benzene rings is 2. The van der Waals surface area contributed by atoms with Gasteiger partial charge in [0.1, 0.15) is 12.4 Å². The fourth-order valence-corrected chi connectivity index (χ4v) is 6.00. The molecular weight excluding hydrogens is 444 g/mol. The van der Waals surface area contributed by atoms with E-state index in [-0.39, 0.29) is 0 Å². The summed E-state index contributed by atoms with van der Waals surface area (Å²) in [6, 6.07) is 18.7. The van der Waals surface area contributed by atoms with E-state index in [1.807, 2.05) is 30.5 Å². The Labute approximate surface area is 212 Å². The first kappa shape index (κ1) is 22.7. The van der Waals surface area contributed by atoms with Crippen molar-refractivity contribution in [1.29, 1.82) is 5.26 Å². The van der Waals surface area contributed by atoms with Crippen LogP contribution < -0.4 is 9.64 Å². The van der Waals surface area contributed by atoms with Gasteiger partial charge in [0.25, 0.3) is 0 Å². The molecule has 0 amide bonds. The van der Waals surface area contributed by atoms with Gasteiger partial charge in [0.2, 0.25) is 0 Å². The number of nitriles is 1. The molecule has 5 heteroatoms. The predicted molar refractivity (Wildman–Crippen MR) is 145 cm³/mol. The average molecular weight is 477 g/mol. The van der Waals surface area contributed by atoms with E-state index in [2.05, 4.69) is 60.0 Å². The van der Waals surface area contributed by atoms with Crippen LogP contribution in [0.2, 0.25) is 0 Å². The van der Waals surface area contributed by atoms with Crippen molar-refractivity contribution >= 4 is 16.6 Å². The van der Waals surface area contributed by atoms with Gasteiger partial charge >= 0.3 is 0 Å². The molecule has 2 aromatic carbocycles. The van der Waals surface area contributed by atoms with Gasteiger partial charge in [-0.1, -0.05) is 44.4 Å². The van der Waals surface area contributed by atoms with Gasteiger partial charge in [-0.25, -0.2) is 0 Å². The van der Waals surface area contributed by atoms with Gasteiger partial charge in [-0.05, 0) is 54.2 Å². The van der Waals surface area contributed by atoms with Crippen molar-refractivity contribution in [2.75, 3.05) is 25.1 Å². The van der Waals surface area contributed by atoms with Crippen molar-refractivity contribution in [1.82, 2.24) is 9.55 Å². The molecule has 2 aliphatic rings. The molecule has 0 saturated heterocycles. The Morgan fingerprint density at radius 3 is 2.58 bits per heavy atom. The van der Waals surface area contributed by atoms with Gasteiger partial charge in [0, 0.05) is 36.3 Å². The van der Waals surface area contributed by atoms with Crippen LogP contribution in [0.15, 0.2) is 60.9 Å². The number of anilines is 1. The Morgan fingerprint density at radius 1 is 1.03 bits per heavy atom. The van der Waals surface area contributed by atoms with Crippen LogP contribution in [-0.4, -0.2) is 29.8 Å². The van der Waals surface area contributed by atoms with Crippen LogP contribution in [0.1, 0.15) is 44.6 Å². The van der Waals surface area contributed by atoms with Crippen molar-refractivity contribution in [3.05, 3.63) is 66.5 Å². The SMILES string of the molecule is CN1CCOc2cc(-c3ncc4c(ccn4CC4(C)CCCCC4)c3-c3ccc(C#N)cc3)ccc21. The topological polar surface area (TPSA) is 54.1 Å². The highest BCUT2D eigenvalue weighted by atomic mass is 16.5. The standard InChI is InChI=1S/C31H32N4O/c1-31(13-4-3-5-14-31)21-35-15-12-25-27(35)20-33-30(29(25)23-8-6-22(19-32)7-9-23)24-10-11-26-28(18-24)36-17-16-34(26)2/h6-12,15,18,20H,3-5,13-14,16-17,21H2,1-2H3. The molecule has 0 radical (unpaired) electrons. The lowest BCUT2D eigenvalue weighted by Gasteiger charge is -2.34. The van der Waals surface area contributed by atoms with Crippen LogP contribution in [0.3, 0.4) is 0 Å². The normalized spacial score (nSPS) is 16.9. The molecule has 1 aliphatic carbocycles. The fourth-order valence-electron chi connectivity index (χ4n) is 6.00. The third-order valence-electron chi connectivity index (χ3n) is 8.07. The van der Waals surface area contributed by atoms with Gasteiger partial charge in [-0.15, -0.1) is 0 Å². The summed E-state index contributed by atoms with van der Waals surface area (Å²) in [6.45, 7) is 5.03. The summed E-state index contributed by atoms with van der Waals surface area (Å²) in [4.78, 5) is 7.29. The molecule has 0 atom stereocenters. The van der Waals surface area contributed by atoms with E-state index in [1.165, 1.54) is 43.0 Å². The summed E-state index contributed by atoms with van der Waals surface area (Å²) >= 11 is 0. The van der Waals surface area contributed by atoms with Gasteiger partial charge in [-0.2, -0.15) is 5.26 Å². The largest absolute Gasteiger partial charge is 0.490 e. The smallest absolute Gasteiger partial charge is 0.143 e. The summed E-state index contributed by atoms with van der Waals surface area (Å²) in [5.74, 6) is 0.900. The number of hydrogen-bond donors (Lipinski definition) is 0. The number of rotatable bonds is 4. The summed E-state index contributed by atoms with van der Waals surface area (Å²) < 4.78 is 8.41. The Bertz CT molecular complexity index is 1450. The van der Waals surface area contributed by atoms with Crippen molar-refractivity contribution < 1.29 is 4.74 Å². The summed E-state index contributed by atoms with van der Waals surface area (Å²) in [5, 5.41) is 10.5. The molecule has 6 rings (SSSR count). The molecule has 5 nitrogen and oxygen atoms in total. The van der Waals surface area contributed by atoms with Crippen LogP contribution in [0.5, 0.6) is 5.75 Å². The van der Waals surface area contributed by atoms with E-state index >= 15 is 0 Å². The number of hydrogen-bond acceptors (Lipinski definition) is 4. The molecule has 182 valence electrons. The summed E-state index contributed by atoms with van der Waals surface area (Å²) in [5.41, 5.74) is 7.42. The van der Waals surface area contributed by atoms with Gasteiger partial charge in [0.05, 0.1) is 41.3 Å². The highest BCUT2D eigenvalue weighted by molar-refractivity contribution is 6.02. The molecule has 2 aromatic heterocycles. The molecule has 1 aliphatic heterocycles. The number of ether oxygens (including phenoxy) is 1. The Balaban J connectivity index is 1.50. The van der Waals surface area contributed by atoms with Crippen LogP contribution >= 0.6 is 0 Å². The van der Waals surface area contributed by atoms with E-state index in [9.17, 15) is 5.26 Å². The van der Waals surface area contributed by atoms with Crippen LogP contribution in [0.25, 0.3) is 33.3 Å². The van der Waals surface area contributed by atoms with Crippen molar-refractivity contribution in [2.45, 2.75) is 45.6 Å². The van der Waals surface area contributed by atoms with Gasteiger partial charge < -0.3 is 14.2 Å². The monoisotopic (exact) mass is 476 g/mol. The zero-order valence-corrected chi connectivity index (χ0v) is 21.1. The average Bonchev–Trinajstić information content (AvgIpc) is 3.30. The predicted octanol–water partition coefficient (Wildman–Crippen LogP) is 7.04. The highest BCUT2D eigenvalue weighted by Crippen LogP contribution is 2.42. The van der Waals surface area contributed by atoms with Crippen LogP contribution in [0.4, 0.5) is 5.69 Å². The first-order valence-electron chi connectivity index (χ1n) is 13.0. The molecule has 4 aromatic rings. The molecule has 3 heterocycles. The number of likely N-dealkylation sites (N-methyl/N-ethyl adjacent to an activating group) is 1. The lowest BCUT2D eigenvalue weighted by Crippen LogP contribution is -2.28. The Morgan fingerprint density at radius 2 is 1.81 bits per heavy atom. The second-order valence-electron chi connectivity index (χ2n) is 10.7. The molecule has 1 fully saturated rings. The van der Waals surface area contributed by atoms with E-state index < -0.39 is 0 Å². The number of pyridine rings is 1. The fraction of sp³-hybridized carbons (Fsp3) is 0.355. The third kappa shape index (κ3) is 4.01. The van der Waals surface area contributed by atoms with Crippen LogP contribution in [0, 0.1) is 16.7 Å². The van der Waals surface area contributed by atoms with E-state index in [0.29, 0.717) is 17.6 Å². The molecule has 0 bridgehead atoms. The lowest BCUT2D eigenvalue weighted by atomic mass is 9.75. The van der Waals surface area contributed by atoms with Gasteiger partial charge in [-0.3, -0.25) is 4.98 Å². The number of nitrogens with zero attached hydrogens (tertiary/aromatic N) is 4. The first-order chi connectivity index (χ1) is 17.5. The Hall–Kier alpha value is -3.78. The maximum atomic E-state index is 9.34. The maximum absolute atomic E-state index is 9.34.